The number of fused-ring (bicyclic) bond motifs is 1. The number of benzene rings is 1. The number of hydrogen-bond acceptors (Lipinski definition) is 4. The maximum atomic E-state index is 13.0. The molecule has 0 radical (unpaired) electrons. The summed E-state index contributed by atoms with van der Waals surface area (Å²) in [7, 11) is 1.67. The van der Waals surface area contributed by atoms with Crippen LogP contribution in [0.1, 0.15) is 31.7 Å². The van der Waals surface area contributed by atoms with E-state index in [0.717, 1.165) is 29.2 Å². The summed E-state index contributed by atoms with van der Waals surface area (Å²) in [6.45, 7) is 0.751. The Morgan fingerprint density at radius 3 is 2.67 bits per heavy atom. The number of rotatable bonds is 3. The summed E-state index contributed by atoms with van der Waals surface area (Å²) in [6, 6.07) is 14.0. The predicted octanol–water partition coefficient (Wildman–Crippen LogP) is 4.61. The molecular weight excluding hydrogens is 338 g/mol. The lowest BCUT2D eigenvalue weighted by Gasteiger charge is -2.36. The molecule has 1 amide bonds. The summed E-state index contributed by atoms with van der Waals surface area (Å²) in [5.74, 6) is 0.943. The number of nitrogens with zero attached hydrogens (tertiary/aromatic N) is 1. The summed E-state index contributed by atoms with van der Waals surface area (Å²) in [6.07, 6.45) is 0.927. The molecule has 5 heteroatoms. The van der Waals surface area contributed by atoms with Gasteiger partial charge in [-0.1, -0.05) is 18.2 Å². The van der Waals surface area contributed by atoms with Gasteiger partial charge < -0.3 is 9.64 Å². The number of amides is 1. The van der Waals surface area contributed by atoms with Crippen LogP contribution < -0.4 is 4.74 Å². The first-order valence-corrected chi connectivity index (χ1v) is 9.58. The largest absolute Gasteiger partial charge is 0.497 e. The van der Waals surface area contributed by atoms with Crippen molar-refractivity contribution in [1.29, 1.82) is 0 Å². The Balaban J connectivity index is 1.76. The van der Waals surface area contributed by atoms with Gasteiger partial charge in [0.25, 0.3) is 5.91 Å². The monoisotopic (exact) mass is 355 g/mol. The minimum atomic E-state index is -0.0273. The Morgan fingerprint density at radius 1 is 1.12 bits per heavy atom. The highest BCUT2D eigenvalue weighted by Crippen LogP contribution is 2.39. The van der Waals surface area contributed by atoms with Gasteiger partial charge in [0, 0.05) is 11.4 Å². The van der Waals surface area contributed by atoms with Gasteiger partial charge in [-0.3, -0.25) is 4.79 Å². The van der Waals surface area contributed by atoms with Crippen LogP contribution in [-0.4, -0.2) is 24.5 Å². The van der Waals surface area contributed by atoms with E-state index in [1.54, 1.807) is 18.4 Å². The molecule has 3 heterocycles. The first kappa shape index (κ1) is 15.4. The Labute approximate surface area is 149 Å². The van der Waals surface area contributed by atoms with Crippen molar-refractivity contribution >= 4 is 28.6 Å². The second-order valence-electron chi connectivity index (χ2n) is 5.70. The highest BCUT2D eigenvalue weighted by molar-refractivity contribution is 7.12. The SMILES string of the molecule is COc1ccc([C@H]2c3ccsc3CCN2C(=O)c2cccs2)cc1. The lowest BCUT2D eigenvalue weighted by Crippen LogP contribution is -2.39. The third-order valence-corrected chi connectivity index (χ3v) is 6.24. The fourth-order valence-electron chi connectivity index (χ4n) is 3.22. The smallest absolute Gasteiger partial charge is 0.264 e. The van der Waals surface area contributed by atoms with E-state index in [2.05, 4.69) is 23.6 Å². The Kier molecular flexibility index (Phi) is 4.12. The van der Waals surface area contributed by atoms with Crippen LogP contribution in [0.2, 0.25) is 0 Å². The standard InChI is InChI=1S/C19H17NO2S2/c1-22-14-6-4-13(5-7-14)18-15-9-12-24-16(15)8-10-20(18)19(21)17-3-2-11-23-17/h2-7,9,11-12,18H,8,10H2,1H3/t18-/m0/s1. The van der Waals surface area contributed by atoms with Crippen molar-refractivity contribution in [3.8, 4) is 5.75 Å². The summed E-state index contributed by atoms with van der Waals surface area (Å²) in [5, 5.41) is 4.08. The van der Waals surface area contributed by atoms with Crippen LogP contribution >= 0.6 is 22.7 Å². The van der Waals surface area contributed by atoms with Crippen LogP contribution in [0.3, 0.4) is 0 Å². The van der Waals surface area contributed by atoms with Crippen LogP contribution in [0.15, 0.2) is 53.2 Å². The van der Waals surface area contributed by atoms with E-state index in [0.29, 0.717) is 0 Å². The van der Waals surface area contributed by atoms with Gasteiger partial charge >= 0.3 is 0 Å². The fourth-order valence-corrected chi connectivity index (χ4v) is 4.81. The zero-order valence-corrected chi connectivity index (χ0v) is 14.9. The number of hydrogen-bond donors (Lipinski definition) is 0. The van der Waals surface area contributed by atoms with Crippen molar-refractivity contribution in [1.82, 2.24) is 4.90 Å². The molecule has 0 unspecified atom stereocenters. The lowest BCUT2D eigenvalue weighted by atomic mass is 9.93. The number of ether oxygens (including phenoxy) is 1. The van der Waals surface area contributed by atoms with E-state index in [1.165, 1.54) is 21.8 Å². The van der Waals surface area contributed by atoms with Crippen LogP contribution in [0, 0.1) is 0 Å². The summed E-state index contributed by atoms with van der Waals surface area (Å²) in [5.41, 5.74) is 2.38. The van der Waals surface area contributed by atoms with Gasteiger partial charge in [-0.15, -0.1) is 22.7 Å². The van der Waals surface area contributed by atoms with Crippen LogP contribution in [0.5, 0.6) is 5.75 Å². The highest BCUT2D eigenvalue weighted by atomic mass is 32.1. The van der Waals surface area contributed by atoms with Gasteiger partial charge in [-0.2, -0.15) is 0 Å². The second-order valence-corrected chi connectivity index (χ2v) is 7.65. The number of carbonyl (C=O) groups excluding carboxylic acids is 1. The maximum Gasteiger partial charge on any atom is 0.264 e. The van der Waals surface area contributed by atoms with E-state index in [4.69, 9.17) is 4.74 Å². The minimum Gasteiger partial charge on any atom is -0.497 e. The number of thiophene rings is 2. The quantitative estimate of drug-likeness (QED) is 0.687. The molecule has 1 aromatic carbocycles. The molecule has 1 aliphatic heterocycles. The van der Waals surface area contributed by atoms with Crippen LogP contribution in [0.4, 0.5) is 0 Å². The first-order valence-electron chi connectivity index (χ1n) is 7.82. The topological polar surface area (TPSA) is 29.5 Å². The van der Waals surface area contributed by atoms with Crippen molar-refractivity contribution in [2.45, 2.75) is 12.5 Å². The molecular formula is C19H17NO2S2. The normalized spacial score (nSPS) is 16.7. The predicted molar refractivity (Wildman–Crippen MR) is 98.2 cm³/mol. The molecule has 0 saturated carbocycles. The van der Waals surface area contributed by atoms with E-state index in [-0.39, 0.29) is 11.9 Å². The summed E-state index contributed by atoms with van der Waals surface area (Å²) in [4.78, 5) is 17.2. The van der Waals surface area contributed by atoms with Crippen molar-refractivity contribution < 1.29 is 9.53 Å². The van der Waals surface area contributed by atoms with Gasteiger partial charge in [-0.25, -0.2) is 0 Å². The zero-order chi connectivity index (χ0) is 16.5. The molecule has 2 aromatic heterocycles. The molecule has 1 atom stereocenters. The number of methoxy groups -OCH3 is 1. The van der Waals surface area contributed by atoms with Gasteiger partial charge in [0.1, 0.15) is 5.75 Å². The molecule has 0 spiro atoms. The molecule has 0 N–H and O–H groups in total. The molecule has 3 aromatic rings. The van der Waals surface area contributed by atoms with Gasteiger partial charge in [0.15, 0.2) is 0 Å². The van der Waals surface area contributed by atoms with Crippen molar-refractivity contribution in [3.63, 3.8) is 0 Å². The second kappa shape index (κ2) is 6.42. The highest BCUT2D eigenvalue weighted by Gasteiger charge is 2.33. The van der Waals surface area contributed by atoms with Crippen LogP contribution in [0.25, 0.3) is 0 Å². The molecule has 0 aliphatic carbocycles. The minimum absolute atomic E-state index is 0.0273. The Hall–Kier alpha value is -2.11. The maximum absolute atomic E-state index is 13.0. The molecule has 4 rings (SSSR count). The molecule has 24 heavy (non-hydrogen) atoms. The van der Waals surface area contributed by atoms with Gasteiger partial charge in [-0.05, 0) is 52.6 Å². The molecule has 3 nitrogen and oxygen atoms in total. The third kappa shape index (κ3) is 2.64. The molecule has 0 bridgehead atoms. The summed E-state index contributed by atoms with van der Waals surface area (Å²) >= 11 is 3.29. The zero-order valence-electron chi connectivity index (χ0n) is 13.3. The molecule has 0 saturated heterocycles. The van der Waals surface area contributed by atoms with Crippen LogP contribution in [-0.2, 0) is 6.42 Å². The number of carbonyl (C=O) groups is 1. The Morgan fingerprint density at radius 2 is 1.96 bits per heavy atom. The van der Waals surface area contributed by atoms with Gasteiger partial charge in [0.2, 0.25) is 0 Å². The van der Waals surface area contributed by atoms with E-state index < -0.39 is 0 Å². The molecule has 1 aliphatic rings. The molecule has 122 valence electrons. The van der Waals surface area contributed by atoms with Crippen molar-refractivity contribution in [3.05, 3.63) is 74.1 Å². The molecule has 0 fully saturated rings. The average molecular weight is 355 g/mol. The lowest BCUT2D eigenvalue weighted by molar-refractivity contribution is 0.0701. The van der Waals surface area contributed by atoms with Crippen molar-refractivity contribution in [2.24, 2.45) is 0 Å². The summed E-state index contributed by atoms with van der Waals surface area (Å²) < 4.78 is 5.27. The third-order valence-electron chi connectivity index (χ3n) is 4.39. The van der Waals surface area contributed by atoms with Crippen molar-refractivity contribution in [2.75, 3.05) is 13.7 Å². The van der Waals surface area contributed by atoms with E-state index in [1.807, 2.05) is 34.5 Å². The van der Waals surface area contributed by atoms with E-state index >= 15 is 0 Å². The fraction of sp³-hybridized carbons (Fsp3) is 0.211. The van der Waals surface area contributed by atoms with Gasteiger partial charge in [0.05, 0.1) is 18.0 Å². The van der Waals surface area contributed by atoms with E-state index in [9.17, 15) is 4.79 Å². The average Bonchev–Trinajstić information content (AvgIpc) is 3.31. The Bertz CT molecular complexity index is 837. The first-order chi connectivity index (χ1) is 11.8.